The van der Waals surface area contributed by atoms with Gasteiger partial charge in [0.15, 0.2) is 0 Å². The van der Waals surface area contributed by atoms with Crippen molar-refractivity contribution in [2.45, 2.75) is 19.9 Å². The van der Waals surface area contributed by atoms with Gasteiger partial charge in [0.1, 0.15) is 0 Å². The fourth-order valence-electron chi connectivity index (χ4n) is 0.304. The van der Waals surface area contributed by atoms with Crippen LogP contribution in [-0.2, 0) is 0 Å². The number of allylic oxidation sites excluding steroid dienone is 1. The van der Waals surface area contributed by atoms with Gasteiger partial charge in [0.25, 0.3) is 0 Å². The molecule has 1 atom stereocenters. The molecule has 0 aliphatic carbocycles. The van der Waals surface area contributed by atoms with E-state index in [1.807, 2.05) is 26.0 Å². The van der Waals surface area contributed by atoms with Gasteiger partial charge in [-0.05, 0) is 13.8 Å². The summed E-state index contributed by atoms with van der Waals surface area (Å²) in [5.74, 6) is 0. The Balaban J connectivity index is 0. The van der Waals surface area contributed by atoms with Crippen molar-refractivity contribution in [3.8, 4) is 0 Å². The van der Waals surface area contributed by atoms with Crippen LogP contribution in [0.4, 0.5) is 0 Å². The molecule has 2 heteroatoms. The predicted molar refractivity (Wildman–Crippen MR) is 35.7 cm³/mol. The van der Waals surface area contributed by atoms with E-state index in [4.69, 9.17) is 5.73 Å². The summed E-state index contributed by atoms with van der Waals surface area (Å²) < 4.78 is 0. The zero-order valence-electron chi connectivity index (χ0n) is 4.72. The maximum Gasteiger partial charge on any atom is 0.0194 e. The van der Waals surface area contributed by atoms with Crippen molar-refractivity contribution in [2.24, 2.45) is 5.73 Å². The molecule has 0 fully saturated rings. The molecular weight excluding hydrogens is 110 g/mol. The summed E-state index contributed by atoms with van der Waals surface area (Å²) in [6.07, 6.45) is 3.89. The van der Waals surface area contributed by atoms with Gasteiger partial charge in [0.05, 0.1) is 0 Å². The number of rotatable bonds is 1. The second-order valence-electron chi connectivity index (χ2n) is 1.38. The maximum absolute atomic E-state index is 5.32. The fraction of sp³-hybridized carbons (Fsp3) is 0.600. The Morgan fingerprint density at radius 3 is 2.00 bits per heavy atom. The minimum absolute atomic E-state index is 0. The molecule has 7 heavy (non-hydrogen) atoms. The van der Waals surface area contributed by atoms with E-state index in [0.29, 0.717) is 0 Å². The molecule has 0 bridgehead atoms. The lowest BCUT2D eigenvalue weighted by molar-refractivity contribution is 0.924. The van der Waals surface area contributed by atoms with E-state index in [1.165, 1.54) is 0 Å². The first-order valence-corrected chi connectivity index (χ1v) is 2.15. The molecule has 0 heterocycles. The van der Waals surface area contributed by atoms with Crippen molar-refractivity contribution in [1.29, 1.82) is 0 Å². The van der Waals surface area contributed by atoms with Crippen LogP contribution < -0.4 is 5.73 Å². The SMILES string of the molecule is C/C=C/C(C)N.Cl. The van der Waals surface area contributed by atoms with Crippen LogP contribution in [0.3, 0.4) is 0 Å². The first-order chi connectivity index (χ1) is 2.77. The van der Waals surface area contributed by atoms with Crippen LogP contribution in [0.15, 0.2) is 12.2 Å². The van der Waals surface area contributed by atoms with E-state index in [-0.39, 0.29) is 18.4 Å². The van der Waals surface area contributed by atoms with Crippen molar-refractivity contribution < 1.29 is 0 Å². The van der Waals surface area contributed by atoms with Crippen LogP contribution in [-0.4, -0.2) is 6.04 Å². The summed E-state index contributed by atoms with van der Waals surface area (Å²) >= 11 is 0. The Kier molecular flexibility index (Phi) is 8.62. The fourth-order valence-corrected chi connectivity index (χ4v) is 0.304. The topological polar surface area (TPSA) is 26.0 Å². The first-order valence-electron chi connectivity index (χ1n) is 2.15. The molecule has 0 rings (SSSR count). The molecule has 0 saturated heterocycles. The highest BCUT2D eigenvalue weighted by atomic mass is 35.5. The Hall–Kier alpha value is -0.0100. The Bertz CT molecular complexity index is 50.0. The van der Waals surface area contributed by atoms with Gasteiger partial charge in [0.2, 0.25) is 0 Å². The van der Waals surface area contributed by atoms with Crippen molar-refractivity contribution in [3.63, 3.8) is 0 Å². The van der Waals surface area contributed by atoms with Gasteiger partial charge in [-0.25, -0.2) is 0 Å². The largest absolute Gasteiger partial charge is 0.325 e. The molecular formula is C5H12ClN. The quantitative estimate of drug-likeness (QED) is 0.521. The van der Waals surface area contributed by atoms with Crippen LogP contribution >= 0.6 is 12.4 Å². The minimum Gasteiger partial charge on any atom is -0.325 e. The first kappa shape index (κ1) is 10.1. The van der Waals surface area contributed by atoms with Gasteiger partial charge in [-0.1, -0.05) is 12.2 Å². The summed E-state index contributed by atoms with van der Waals surface area (Å²) in [5, 5.41) is 0. The Morgan fingerprint density at radius 1 is 1.57 bits per heavy atom. The Morgan fingerprint density at radius 2 is 2.00 bits per heavy atom. The lowest BCUT2D eigenvalue weighted by Gasteiger charge is -1.88. The van der Waals surface area contributed by atoms with Crippen LogP contribution in [0.1, 0.15) is 13.8 Å². The van der Waals surface area contributed by atoms with Gasteiger partial charge in [-0.2, -0.15) is 0 Å². The third kappa shape index (κ3) is 10.7. The lowest BCUT2D eigenvalue weighted by atomic mass is 10.3. The molecule has 0 aliphatic rings. The molecule has 2 N–H and O–H groups in total. The average Bonchev–Trinajstić information content (AvgIpc) is 1.35. The number of nitrogens with two attached hydrogens (primary N) is 1. The molecule has 0 aromatic heterocycles. The highest BCUT2D eigenvalue weighted by Crippen LogP contribution is 1.74. The third-order valence-corrected chi connectivity index (χ3v) is 0.496. The second kappa shape index (κ2) is 5.99. The van der Waals surface area contributed by atoms with E-state index < -0.39 is 0 Å². The van der Waals surface area contributed by atoms with Gasteiger partial charge in [-0.3, -0.25) is 0 Å². The summed E-state index contributed by atoms with van der Waals surface area (Å²) in [7, 11) is 0. The molecule has 0 aromatic carbocycles. The van der Waals surface area contributed by atoms with Gasteiger partial charge < -0.3 is 5.73 Å². The lowest BCUT2D eigenvalue weighted by Crippen LogP contribution is -2.09. The van der Waals surface area contributed by atoms with E-state index in [9.17, 15) is 0 Å². The third-order valence-electron chi connectivity index (χ3n) is 0.496. The monoisotopic (exact) mass is 121 g/mol. The summed E-state index contributed by atoms with van der Waals surface area (Å²) in [4.78, 5) is 0. The smallest absolute Gasteiger partial charge is 0.0194 e. The van der Waals surface area contributed by atoms with Crippen molar-refractivity contribution in [3.05, 3.63) is 12.2 Å². The average molecular weight is 122 g/mol. The van der Waals surface area contributed by atoms with Crippen molar-refractivity contribution >= 4 is 12.4 Å². The highest BCUT2D eigenvalue weighted by molar-refractivity contribution is 5.85. The van der Waals surface area contributed by atoms with Crippen LogP contribution in [0.2, 0.25) is 0 Å². The number of hydrogen-bond acceptors (Lipinski definition) is 1. The number of hydrogen-bond donors (Lipinski definition) is 1. The molecule has 0 radical (unpaired) electrons. The second-order valence-corrected chi connectivity index (χ2v) is 1.38. The molecule has 44 valence electrons. The van der Waals surface area contributed by atoms with Gasteiger partial charge in [-0.15, -0.1) is 12.4 Å². The summed E-state index contributed by atoms with van der Waals surface area (Å²) in [5.41, 5.74) is 5.32. The standard InChI is InChI=1S/C5H11N.ClH/c1-3-4-5(2)6;/h3-5H,6H2,1-2H3;1H/b4-3+;. The van der Waals surface area contributed by atoms with Gasteiger partial charge >= 0.3 is 0 Å². The van der Waals surface area contributed by atoms with E-state index in [2.05, 4.69) is 0 Å². The predicted octanol–water partition coefficient (Wildman–Crippen LogP) is 1.33. The molecule has 1 unspecified atom stereocenters. The molecule has 0 aromatic rings. The van der Waals surface area contributed by atoms with Crippen LogP contribution in [0.25, 0.3) is 0 Å². The number of halogens is 1. The molecule has 0 saturated carbocycles. The summed E-state index contributed by atoms with van der Waals surface area (Å²) in [6.45, 7) is 3.91. The van der Waals surface area contributed by atoms with E-state index in [1.54, 1.807) is 0 Å². The van der Waals surface area contributed by atoms with E-state index >= 15 is 0 Å². The zero-order chi connectivity index (χ0) is 4.99. The molecule has 0 spiro atoms. The molecule has 0 aliphatic heterocycles. The normalized spacial score (nSPS) is 13.6. The van der Waals surface area contributed by atoms with Crippen LogP contribution in [0, 0.1) is 0 Å². The minimum atomic E-state index is 0. The zero-order valence-corrected chi connectivity index (χ0v) is 5.53. The molecule has 0 amide bonds. The van der Waals surface area contributed by atoms with Gasteiger partial charge in [0, 0.05) is 6.04 Å². The van der Waals surface area contributed by atoms with E-state index in [0.717, 1.165) is 0 Å². The van der Waals surface area contributed by atoms with Crippen LogP contribution in [0.5, 0.6) is 0 Å². The highest BCUT2D eigenvalue weighted by Gasteiger charge is 1.75. The summed E-state index contributed by atoms with van der Waals surface area (Å²) in [6, 6.07) is 0.218. The molecule has 1 nitrogen and oxygen atoms in total. The van der Waals surface area contributed by atoms with Crippen molar-refractivity contribution in [1.82, 2.24) is 0 Å². The van der Waals surface area contributed by atoms with Crippen molar-refractivity contribution in [2.75, 3.05) is 0 Å². The Labute approximate surface area is 51.0 Å². The maximum atomic E-state index is 5.32.